The number of hydrogen-bond acceptors (Lipinski definition) is 10. The van der Waals surface area contributed by atoms with Gasteiger partial charge in [0.2, 0.25) is 0 Å². The summed E-state index contributed by atoms with van der Waals surface area (Å²) in [5, 5.41) is 38.8. The van der Waals surface area contributed by atoms with E-state index in [1.54, 1.807) is 0 Å². The van der Waals surface area contributed by atoms with Crippen LogP contribution in [-0.2, 0) is 0 Å². The van der Waals surface area contributed by atoms with Gasteiger partial charge in [-0.15, -0.1) is 12.4 Å². The number of halogens is 1. The van der Waals surface area contributed by atoms with Gasteiger partial charge in [-0.05, 0) is 0 Å². The summed E-state index contributed by atoms with van der Waals surface area (Å²) >= 11 is 0. The number of hydrogen-bond donors (Lipinski definition) is 10. The summed E-state index contributed by atoms with van der Waals surface area (Å²) in [6.45, 7) is 2.36. The Bertz CT molecular complexity index is 69.0. The van der Waals surface area contributed by atoms with E-state index in [0.29, 0.717) is 32.7 Å². The molecule has 0 aliphatic carbocycles. The Morgan fingerprint density at radius 1 is 0.381 bits per heavy atom. The monoisotopic (exact) mass is 341 g/mol. The van der Waals surface area contributed by atoms with Gasteiger partial charge >= 0.3 is 0 Å². The normalized spacial score (nSPS) is 7.14. The van der Waals surface area contributed by atoms with Gasteiger partial charge in [0.05, 0.1) is 33.0 Å². The van der Waals surface area contributed by atoms with Gasteiger partial charge in [-0.25, -0.2) is 0 Å². The highest BCUT2D eigenvalue weighted by Gasteiger charge is 1.57. The summed E-state index contributed by atoms with van der Waals surface area (Å²) in [6.07, 6.45) is 0. The van der Waals surface area contributed by atoms with E-state index >= 15 is 0 Å². The van der Waals surface area contributed by atoms with Crippen LogP contribution in [0.25, 0.3) is 0 Å². The molecular formula is C10H36ClN5O5. The zero-order valence-corrected chi connectivity index (χ0v) is 13.4. The molecule has 0 aromatic heterocycles. The van der Waals surface area contributed by atoms with Crippen molar-refractivity contribution in [3.63, 3.8) is 0 Å². The molecular weight excluding hydrogens is 306 g/mol. The van der Waals surface area contributed by atoms with Crippen molar-refractivity contribution in [3.05, 3.63) is 0 Å². The van der Waals surface area contributed by atoms with Crippen molar-refractivity contribution < 1.29 is 25.5 Å². The van der Waals surface area contributed by atoms with E-state index in [0.717, 1.165) is 0 Å². The predicted molar refractivity (Wildman–Crippen MR) is 87.9 cm³/mol. The first-order valence-electron chi connectivity index (χ1n) is 6.12. The van der Waals surface area contributed by atoms with Crippen LogP contribution in [0.2, 0.25) is 0 Å². The SMILES string of the molecule is Cl.NCCO.NCCO.NCCO.NCCO.NCCO. The molecule has 21 heavy (non-hydrogen) atoms. The Kier molecular flexibility index (Phi) is 129. The quantitative estimate of drug-likeness (QED) is 0.229. The summed E-state index contributed by atoms with van der Waals surface area (Å²) in [7, 11) is 0. The fourth-order valence-electron chi connectivity index (χ4n) is 0. The average Bonchev–Trinajstić information content (AvgIpc) is 2.55. The second-order valence-electron chi connectivity index (χ2n) is 2.56. The molecule has 138 valence electrons. The molecule has 15 N–H and O–H groups in total. The maximum atomic E-state index is 7.75. The van der Waals surface area contributed by atoms with Gasteiger partial charge in [0.1, 0.15) is 0 Å². The zero-order chi connectivity index (χ0) is 17.1. The van der Waals surface area contributed by atoms with Crippen LogP contribution in [0, 0.1) is 0 Å². The molecule has 10 nitrogen and oxygen atoms in total. The molecule has 0 spiro atoms. The first kappa shape index (κ1) is 37.3. The molecule has 0 amide bonds. The second kappa shape index (κ2) is 72.6. The van der Waals surface area contributed by atoms with Crippen molar-refractivity contribution in [1.29, 1.82) is 0 Å². The molecule has 0 aliphatic rings. The molecule has 0 fully saturated rings. The fraction of sp³-hybridized carbons (Fsp3) is 1.00. The lowest BCUT2D eigenvalue weighted by Crippen LogP contribution is -2.02. The Morgan fingerprint density at radius 2 is 0.429 bits per heavy atom. The lowest BCUT2D eigenvalue weighted by atomic mass is 10.8. The Hall–Kier alpha value is -0.110. The van der Waals surface area contributed by atoms with Crippen molar-refractivity contribution >= 4 is 12.4 Å². The topological polar surface area (TPSA) is 231 Å². The highest BCUT2D eigenvalue weighted by atomic mass is 35.5. The Balaban J connectivity index is -0.0000000331. The molecule has 0 rings (SSSR count). The molecule has 0 aromatic rings. The number of aliphatic hydroxyl groups excluding tert-OH is 5. The highest BCUT2D eigenvalue weighted by Crippen LogP contribution is 1.34. The summed E-state index contributed by atoms with van der Waals surface area (Å²) < 4.78 is 0. The van der Waals surface area contributed by atoms with Gasteiger partial charge in [0.25, 0.3) is 0 Å². The molecule has 0 aromatic carbocycles. The second-order valence-corrected chi connectivity index (χ2v) is 2.56. The average molecular weight is 342 g/mol. The van der Waals surface area contributed by atoms with E-state index < -0.39 is 0 Å². The minimum Gasteiger partial charge on any atom is -0.395 e. The zero-order valence-electron chi connectivity index (χ0n) is 12.6. The van der Waals surface area contributed by atoms with E-state index in [1.807, 2.05) is 0 Å². The van der Waals surface area contributed by atoms with Crippen LogP contribution in [0.3, 0.4) is 0 Å². The first-order chi connectivity index (χ1) is 9.57. The summed E-state index contributed by atoms with van der Waals surface area (Å²) in [4.78, 5) is 0. The molecule has 0 saturated heterocycles. The van der Waals surface area contributed by atoms with Crippen LogP contribution >= 0.6 is 12.4 Å². The largest absolute Gasteiger partial charge is 0.395 e. The van der Waals surface area contributed by atoms with Crippen molar-refractivity contribution in [1.82, 2.24) is 0 Å². The third kappa shape index (κ3) is 266. The van der Waals surface area contributed by atoms with Crippen LogP contribution in [-0.4, -0.2) is 91.3 Å². The van der Waals surface area contributed by atoms with E-state index in [4.69, 9.17) is 54.2 Å². The number of rotatable bonds is 5. The van der Waals surface area contributed by atoms with Gasteiger partial charge in [-0.3, -0.25) is 0 Å². The third-order valence-electron chi connectivity index (χ3n) is 0.645. The van der Waals surface area contributed by atoms with Gasteiger partial charge < -0.3 is 54.2 Å². The fourth-order valence-corrected chi connectivity index (χ4v) is 0. The van der Waals surface area contributed by atoms with Gasteiger partial charge in [-0.1, -0.05) is 0 Å². The summed E-state index contributed by atoms with van der Waals surface area (Å²) in [6, 6.07) is 0. The molecule has 0 atom stereocenters. The first-order valence-corrected chi connectivity index (χ1v) is 6.12. The lowest BCUT2D eigenvalue weighted by Gasteiger charge is -1.71. The molecule has 0 aliphatic heterocycles. The molecule has 0 bridgehead atoms. The van der Waals surface area contributed by atoms with E-state index in [-0.39, 0.29) is 45.4 Å². The molecule has 0 unspecified atom stereocenters. The minimum absolute atomic E-state index is 0. The minimum atomic E-state index is 0. The standard InChI is InChI=1S/5C2H7NO.ClH/c5*3-1-2-4;/h5*4H,1-3H2;1H. The van der Waals surface area contributed by atoms with Crippen LogP contribution < -0.4 is 28.7 Å². The highest BCUT2D eigenvalue weighted by molar-refractivity contribution is 5.85. The van der Waals surface area contributed by atoms with Crippen molar-refractivity contribution in [2.75, 3.05) is 65.8 Å². The van der Waals surface area contributed by atoms with E-state index in [9.17, 15) is 0 Å². The van der Waals surface area contributed by atoms with E-state index in [2.05, 4.69) is 0 Å². The van der Waals surface area contributed by atoms with Crippen LogP contribution in [0.4, 0.5) is 0 Å². The van der Waals surface area contributed by atoms with Crippen LogP contribution in [0.1, 0.15) is 0 Å². The summed E-state index contributed by atoms with van der Waals surface area (Å²) in [5.74, 6) is 0. The maximum absolute atomic E-state index is 7.75. The van der Waals surface area contributed by atoms with Gasteiger partial charge in [0, 0.05) is 32.7 Å². The van der Waals surface area contributed by atoms with Crippen molar-refractivity contribution in [2.45, 2.75) is 0 Å². The Morgan fingerprint density at radius 3 is 0.429 bits per heavy atom. The molecule has 11 heteroatoms. The Labute approximate surface area is 133 Å². The van der Waals surface area contributed by atoms with Crippen LogP contribution in [0.15, 0.2) is 0 Å². The number of nitrogens with two attached hydrogens (primary N) is 5. The van der Waals surface area contributed by atoms with E-state index in [1.165, 1.54) is 0 Å². The number of aliphatic hydroxyl groups is 5. The molecule has 0 saturated carbocycles. The van der Waals surface area contributed by atoms with Crippen molar-refractivity contribution in [2.24, 2.45) is 28.7 Å². The van der Waals surface area contributed by atoms with Crippen molar-refractivity contribution in [3.8, 4) is 0 Å². The van der Waals surface area contributed by atoms with Crippen LogP contribution in [0.5, 0.6) is 0 Å². The smallest absolute Gasteiger partial charge is 0.0553 e. The van der Waals surface area contributed by atoms with Gasteiger partial charge in [0.15, 0.2) is 0 Å². The summed E-state index contributed by atoms with van der Waals surface area (Å²) in [5.41, 5.74) is 23.9. The maximum Gasteiger partial charge on any atom is 0.0553 e. The van der Waals surface area contributed by atoms with Gasteiger partial charge in [-0.2, -0.15) is 0 Å². The molecule has 0 radical (unpaired) electrons. The third-order valence-corrected chi connectivity index (χ3v) is 0.645. The predicted octanol–water partition coefficient (Wildman–Crippen LogP) is -4.89. The lowest BCUT2D eigenvalue weighted by molar-refractivity contribution is 0.306. The molecule has 0 heterocycles.